The molecule has 0 saturated heterocycles. The maximum atomic E-state index is 11.6. The lowest BCUT2D eigenvalue weighted by Gasteiger charge is -2.30. The third-order valence-electron chi connectivity index (χ3n) is 3.02. The zero-order valence-corrected chi connectivity index (χ0v) is 10.1. The highest BCUT2D eigenvalue weighted by atomic mass is 16.2. The van der Waals surface area contributed by atoms with Gasteiger partial charge in [-0.1, -0.05) is 0 Å². The molecule has 0 fully saturated rings. The molecule has 0 spiro atoms. The molecule has 1 aromatic rings. The van der Waals surface area contributed by atoms with Gasteiger partial charge in [0.15, 0.2) is 0 Å². The smallest absolute Gasteiger partial charge is 0.240 e. The molecule has 18 heavy (non-hydrogen) atoms. The molecule has 1 aromatic carbocycles. The second kappa shape index (κ2) is 5.41. The summed E-state index contributed by atoms with van der Waals surface area (Å²) < 4.78 is 0. The fourth-order valence-electron chi connectivity index (χ4n) is 2.23. The van der Waals surface area contributed by atoms with Gasteiger partial charge < -0.3 is 16.0 Å². The molecular formula is C13H16N4O. The van der Waals surface area contributed by atoms with Crippen molar-refractivity contribution < 1.29 is 4.79 Å². The van der Waals surface area contributed by atoms with Crippen molar-refractivity contribution in [1.29, 1.82) is 5.26 Å². The van der Waals surface area contributed by atoms with Gasteiger partial charge in [-0.15, -0.1) is 0 Å². The number of rotatable bonds is 3. The van der Waals surface area contributed by atoms with E-state index in [0.29, 0.717) is 6.54 Å². The Bertz CT molecular complexity index is 492. The molecule has 0 radical (unpaired) electrons. The molecule has 2 rings (SSSR count). The molecule has 0 bridgehead atoms. The summed E-state index contributed by atoms with van der Waals surface area (Å²) in [5, 5.41) is 11.0. The highest BCUT2D eigenvalue weighted by Crippen LogP contribution is 2.28. The summed E-state index contributed by atoms with van der Waals surface area (Å²) in [4.78, 5) is 13.7. The molecule has 1 heterocycles. The Balaban J connectivity index is 2.08. The van der Waals surface area contributed by atoms with Crippen LogP contribution < -0.4 is 16.0 Å². The number of hydrogen-bond donors (Lipinski definition) is 2. The van der Waals surface area contributed by atoms with E-state index in [1.165, 1.54) is 5.56 Å². The molecule has 0 atom stereocenters. The number of fused-ring (bicyclic) bond motifs is 1. The monoisotopic (exact) mass is 244 g/mol. The zero-order valence-electron chi connectivity index (χ0n) is 10.1. The molecule has 5 nitrogen and oxygen atoms in total. The summed E-state index contributed by atoms with van der Waals surface area (Å²) in [5.41, 5.74) is 8.78. The number of anilines is 2. The number of nitrogen functional groups attached to an aromatic ring is 1. The Morgan fingerprint density at radius 1 is 1.56 bits per heavy atom. The summed E-state index contributed by atoms with van der Waals surface area (Å²) in [6.45, 7) is 1.21. The van der Waals surface area contributed by atoms with Crippen LogP contribution in [0.3, 0.4) is 0 Å². The molecule has 0 saturated carbocycles. The van der Waals surface area contributed by atoms with E-state index in [1.54, 1.807) is 0 Å². The minimum Gasteiger partial charge on any atom is -0.399 e. The van der Waals surface area contributed by atoms with E-state index in [9.17, 15) is 4.79 Å². The number of nitrogens with zero attached hydrogens (tertiary/aromatic N) is 2. The predicted molar refractivity (Wildman–Crippen MR) is 70.0 cm³/mol. The van der Waals surface area contributed by atoms with Gasteiger partial charge in [-0.05, 0) is 36.6 Å². The third kappa shape index (κ3) is 2.72. The highest BCUT2D eigenvalue weighted by Gasteiger charge is 2.18. The Labute approximate surface area is 106 Å². The largest absolute Gasteiger partial charge is 0.399 e. The van der Waals surface area contributed by atoms with Crippen molar-refractivity contribution in [3.8, 4) is 6.07 Å². The molecule has 5 heteroatoms. The van der Waals surface area contributed by atoms with Crippen LogP contribution in [-0.2, 0) is 11.2 Å². The Hall–Kier alpha value is -2.22. The minimum absolute atomic E-state index is 0.0568. The van der Waals surface area contributed by atoms with E-state index >= 15 is 0 Å². The van der Waals surface area contributed by atoms with Crippen LogP contribution in [0.15, 0.2) is 18.2 Å². The maximum absolute atomic E-state index is 11.6. The van der Waals surface area contributed by atoms with Gasteiger partial charge in [0.05, 0.1) is 12.6 Å². The lowest BCUT2D eigenvalue weighted by molar-refractivity contribution is -0.119. The van der Waals surface area contributed by atoms with Crippen molar-refractivity contribution in [3.05, 3.63) is 23.8 Å². The first-order valence-electron chi connectivity index (χ1n) is 5.97. The van der Waals surface area contributed by atoms with Crippen LogP contribution in [-0.4, -0.2) is 25.5 Å². The van der Waals surface area contributed by atoms with Crippen molar-refractivity contribution in [2.24, 2.45) is 0 Å². The van der Waals surface area contributed by atoms with Crippen LogP contribution in [0.5, 0.6) is 0 Å². The van der Waals surface area contributed by atoms with E-state index in [-0.39, 0.29) is 12.5 Å². The summed E-state index contributed by atoms with van der Waals surface area (Å²) in [7, 11) is 0. The topological polar surface area (TPSA) is 82.2 Å². The van der Waals surface area contributed by atoms with E-state index in [0.717, 1.165) is 30.8 Å². The minimum atomic E-state index is -0.124. The number of nitrogens with one attached hydrogen (secondary N) is 1. The second-order valence-corrected chi connectivity index (χ2v) is 4.35. The van der Waals surface area contributed by atoms with Crippen LogP contribution in [0.25, 0.3) is 0 Å². The summed E-state index contributed by atoms with van der Waals surface area (Å²) in [6.07, 6.45) is 2.01. The lowest BCUT2D eigenvalue weighted by Crippen LogP contribution is -2.39. The highest BCUT2D eigenvalue weighted by molar-refractivity contribution is 5.82. The third-order valence-corrected chi connectivity index (χ3v) is 3.02. The standard InChI is InChI=1S/C13H16N4O/c14-5-6-16-13(18)9-17-7-1-2-10-8-11(15)3-4-12(10)17/h3-4,8H,1-2,6-7,9,15H2,(H,16,18). The molecule has 94 valence electrons. The van der Waals surface area contributed by atoms with Gasteiger partial charge in [-0.2, -0.15) is 5.26 Å². The number of amides is 1. The van der Waals surface area contributed by atoms with Gasteiger partial charge in [-0.3, -0.25) is 4.79 Å². The van der Waals surface area contributed by atoms with Gasteiger partial charge in [-0.25, -0.2) is 0 Å². The van der Waals surface area contributed by atoms with Crippen LogP contribution >= 0.6 is 0 Å². The predicted octanol–water partition coefficient (Wildman–Crippen LogP) is 0.661. The number of benzene rings is 1. The number of aryl methyl sites for hydroxylation is 1. The first-order chi connectivity index (χ1) is 8.70. The molecular weight excluding hydrogens is 228 g/mol. The SMILES string of the molecule is N#CCNC(=O)CN1CCCc2cc(N)ccc21. The van der Waals surface area contributed by atoms with Crippen molar-refractivity contribution in [2.75, 3.05) is 30.3 Å². The van der Waals surface area contributed by atoms with Crippen molar-refractivity contribution in [2.45, 2.75) is 12.8 Å². The van der Waals surface area contributed by atoms with Gasteiger partial charge in [0.1, 0.15) is 6.54 Å². The van der Waals surface area contributed by atoms with Crippen LogP contribution in [0, 0.1) is 11.3 Å². The summed E-state index contributed by atoms with van der Waals surface area (Å²) in [5.74, 6) is -0.124. The maximum Gasteiger partial charge on any atom is 0.240 e. The fraction of sp³-hybridized carbons (Fsp3) is 0.385. The molecule has 1 amide bonds. The van der Waals surface area contributed by atoms with Crippen molar-refractivity contribution in [3.63, 3.8) is 0 Å². The average Bonchev–Trinajstić information content (AvgIpc) is 2.36. The quantitative estimate of drug-likeness (QED) is 0.604. The molecule has 1 aliphatic rings. The number of carbonyl (C=O) groups excluding carboxylic acids is 1. The number of hydrogen-bond acceptors (Lipinski definition) is 4. The molecule has 1 aliphatic heterocycles. The Morgan fingerprint density at radius 2 is 2.39 bits per heavy atom. The summed E-state index contributed by atoms with van der Waals surface area (Å²) in [6, 6.07) is 7.67. The average molecular weight is 244 g/mol. The molecule has 0 unspecified atom stereocenters. The Morgan fingerprint density at radius 3 is 3.17 bits per heavy atom. The molecule has 0 aliphatic carbocycles. The van der Waals surface area contributed by atoms with Crippen LogP contribution in [0.4, 0.5) is 11.4 Å². The molecule has 0 aromatic heterocycles. The Kier molecular flexibility index (Phi) is 3.68. The zero-order chi connectivity index (χ0) is 13.0. The van der Waals surface area contributed by atoms with E-state index in [1.807, 2.05) is 29.2 Å². The second-order valence-electron chi connectivity index (χ2n) is 4.35. The fourth-order valence-corrected chi connectivity index (χ4v) is 2.23. The normalized spacial score (nSPS) is 13.6. The van der Waals surface area contributed by atoms with Crippen molar-refractivity contribution >= 4 is 17.3 Å². The number of nitrogens with two attached hydrogens (primary N) is 1. The van der Waals surface area contributed by atoms with Crippen LogP contribution in [0.1, 0.15) is 12.0 Å². The number of carbonyl (C=O) groups is 1. The van der Waals surface area contributed by atoms with Gasteiger partial charge >= 0.3 is 0 Å². The lowest BCUT2D eigenvalue weighted by atomic mass is 10.0. The molecule has 3 N–H and O–H groups in total. The number of nitriles is 1. The van der Waals surface area contributed by atoms with E-state index in [2.05, 4.69) is 5.32 Å². The van der Waals surface area contributed by atoms with Gasteiger partial charge in [0, 0.05) is 17.9 Å². The van der Waals surface area contributed by atoms with E-state index in [4.69, 9.17) is 11.0 Å². The van der Waals surface area contributed by atoms with Gasteiger partial charge in [0.2, 0.25) is 5.91 Å². The summed E-state index contributed by atoms with van der Waals surface area (Å²) >= 11 is 0. The first-order valence-corrected chi connectivity index (χ1v) is 5.97. The van der Waals surface area contributed by atoms with Gasteiger partial charge in [0.25, 0.3) is 0 Å². The van der Waals surface area contributed by atoms with Crippen molar-refractivity contribution in [1.82, 2.24) is 5.32 Å². The van der Waals surface area contributed by atoms with E-state index < -0.39 is 0 Å². The first kappa shape index (κ1) is 12.2. The van der Waals surface area contributed by atoms with Crippen LogP contribution in [0.2, 0.25) is 0 Å².